The molecule has 3 rings (SSSR count). The highest BCUT2D eigenvalue weighted by atomic mass is 19.3. The summed E-state index contributed by atoms with van der Waals surface area (Å²) in [5.74, 6) is -7.09. The van der Waals surface area contributed by atoms with Crippen molar-refractivity contribution in [2.75, 3.05) is 19.0 Å². The lowest BCUT2D eigenvalue weighted by molar-refractivity contribution is -0.159. The molecule has 0 saturated carbocycles. The number of amides is 3. The number of rotatable bonds is 4. The average molecular weight is 447 g/mol. The van der Waals surface area contributed by atoms with Gasteiger partial charge in [-0.05, 0) is 24.6 Å². The van der Waals surface area contributed by atoms with Gasteiger partial charge in [-0.1, -0.05) is 13.0 Å². The normalized spacial score (nSPS) is 19.8. The summed E-state index contributed by atoms with van der Waals surface area (Å²) >= 11 is 0. The van der Waals surface area contributed by atoms with E-state index in [9.17, 15) is 23.2 Å². The van der Waals surface area contributed by atoms with Crippen molar-refractivity contribution in [2.24, 2.45) is 11.7 Å². The van der Waals surface area contributed by atoms with E-state index in [4.69, 9.17) is 10.5 Å². The number of likely N-dealkylation sites (tertiary alicyclic amines) is 1. The number of carbonyl (C=O) groups excluding carboxylic acids is 3. The Morgan fingerprint density at radius 2 is 1.97 bits per heavy atom. The highest BCUT2D eigenvalue weighted by Gasteiger charge is 2.48. The topological polar surface area (TPSA) is 128 Å². The molecule has 0 spiro atoms. The smallest absolute Gasteiger partial charge is 0.313 e. The van der Waals surface area contributed by atoms with E-state index in [0.717, 1.165) is 4.90 Å². The van der Waals surface area contributed by atoms with Crippen molar-refractivity contribution < 1.29 is 27.9 Å². The highest BCUT2D eigenvalue weighted by molar-refractivity contribution is 6.39. The third-order valence-corrected chi connectivity index (χ3v) is 5.38. The number of nitrogens with zero attached hydrogens (tertiary/aromatic N) is 3. The predicted octanol–water partition coefficient (Wildman–Crippen LogP) is 2.08. The summed E-state index contributed by atoms with van der Waals surface area (Å²) in [7, 11) is 1.30. The minimum absolute atomic E-state index is 0.0295. The lowest BCUT2D eigenvalue weighted by Gasteiger charge is -2.42. The van der Waals surface area contributed by atoms with E-state index in [1.165, 1.54) is 32.5 Å². The first kappa shape index (κ1) is 23.0. The molecule has 0 bridgehead atoms. The summed E-state index contributed by atoms with van der Waals surface area (Å²) in [5, 5.41) is 2.34. The number of aryl methyl sites for hydroxylation is 1. The van der Waals surface area contributed by atoms with Gasteiger partial charge in [0.15, 0.2) is 0 Å². The van der Waals surface area contributed by atoms with Crippen LogP contribution in [0.2, 0.25) is 0 Å². The third kappa shape index (κ3) is 4.66. The van der Waals surface area contributed by atoms with E-state index in [1.807, 2.05) is 0 Å². The van der Waals surface area contributed by atoms with Crippen molar-refractivity contribution >= 4 is 23.4 Å². The summed E-state index contributed by atoms with van der Waals surface area (Å²) in [4.78, 5) is 46.3. The maximum absolute atomic E-state index is 14.5. The van der Waals surface area contributed by atoms with E-state index < -0.39 is 42.0 Å². The summed E-state index contributed by atoms with van der Waals surface area (Å²) in [6.45, 7) is 2.76. The number of methoxy groups -OCH3 is 1. The number of aromatic nitrogens is 2. The fourth-order valence-electron chi connectivity index (χ4n) is 3.50. The summed E-state index contributed by atoms with van der Waals surface area (Å²) in [6.07, 6.45) is 1.98. The molecule has 2 atom stereocenters. The van der Waals surface area contributed by atoms with Gasteiger partial charge in [-0.2, -0.15) is 0 Å². The minimum atomic E-state index is -3.01. The Kier molecular flexibility index (Phi) is 6.37. The molecular formula is C21H23F2N5O4. The van der Waals surface area contributed by atoms with Crippen LogP contribution in [0.1, 0.15) is 41.0 Å². The molecule has 2 aromatic rings. The molecule has 0 unspecified atom stereocenters. The van der Waals surface area contributed by atoms with Crippen molar-refractivity contribution in [1.29, 1.82) is 0 Å². The molecule has 170 valence electrons. The van der Waals surface area contributed by atoms with Crippen molar-refractivity contribution in [3.8, 4) is 5.88 Å². The van der Waals surface area contributed by atoms with Crippen LogP contribution < -0.4 is 15.8 Å². The Morgan fingerprint density at radius 1 is 1.25 bits per heavy atom. The van der Waals surface area contributed by atoms with E-state index in [0.29, 0.717) is 11.3 Å². The standard InChI is InChI=1S/C21H23F2N5O4/c1-11-10-28(16(7-21(11,22)23)13-5-4-12(2)25-8-13)20(31)18(30)27-14-6-15(17(24)29)19(32-3)26-9-14/h4-6,8-9,11,16H,7,10H2,1-3H3,(H2,24,29)(H,27,30)/t11-,16-/m1/s1. The number of alkyl halides is 2. The SMILES string of the molecule is COc1ncc(NC(=O)C(=O)N2C[C@@H](C)C(F)(F)C[C@@H]2c2ccc(C)nc2)cc1C(N)=O. The fourth-order valence-corrected chi connectivity index (χ4v) is 3.50. The maximum atomic E-state index is 14.5. The van der Waals surface area contributed by atoms with E-state index in [2.05, 4.69) is 15.3 Å². The molecule has 3 N–H and O–H groups in total. The molecule has 1 fully saturated rings. The molecule has 2 aromatic heterocycles. The van der Waals surface area contributed by atoms with Crippen LogP contribution in [0.4, 0.5) is 14.5 Å². The van der Waals surface area contributed by atoms with Crippen LogP contribution in [0.3, 0.4) is 0 Å². The van der Waals surface area contributed by atoms with Crippen LogP contribution in [-0.2, 0) is 9.59 Å². The number of anilines is 1. The highest BCUT2D eigenvalue weighted by Crippen LogP contribution is 2.43. The Bertz CT molecular complexity index is 1040. The van der Waals surface area contributed by atoms with Gasteiger partial charge in [-0.15, -0.1) is 0 Å². The number of halogens is 2. The van der Waals surface area contributed by atoms with Crippen molar-refractivity contribution in [1.82, 2.24) is 14.9 Å². The number of ether oxygens (including phenoxy) is 1. The van der Waals surface area contributed by atoms with Gasteiger partial charge in [0.25, 0.3) is 11.8 Å². The molecule has 1 aliphatic heterocycles. The number of carbonyl (C=O) groups is 3. The first-order valence-electron chi connectivity index (χ1n) is 9.79. The van der Waals surface area contributed by atoms with Crippen molar-refractivity contribution in [2.45, 2.75) is 32.2 Å². The zero-order chi connectivity index (χ0) is 23.6. The second kappa shape index (κ2) is 8.85. The van der Waals surface area contributed by atoms with E-state index in [-0.39, 0.29) is 23.7 Å². The summed E-state index contributed by atoms with van der Waals surface area (Å²) in [6, 6.07) is 3.46. The van der Waals surface area contributed by atoms with Gasteiger partial charge in [0.05, 0.1) is 25.0 Å². The van der Waals surface area contributed by atoms with E-state index in [1.54, 1.807) is 19.1 Å². The summed E-state index contributed by atoms with van der Waals surface area (Å²) < 4.78 is 33.9. The molecule has 0 radical (unpaired) electrons. The average Bonchev–Trinajstić information content (AvgIpc) is 2.75. The zero-order valence-electron chi connectivity index (χ0n) is 17.8. The van der Waals surface area contributed by atoms with Crippen LogP contribution in [0.25, 0.3) is 0 Å². The molecule has 9 nitrogen and oxygen atoms in total. The van der Waals surface area contributed by atoms with Gasteiger partial charge < -0.3 is 20.7 Å². The lowest BCUT2D eigenvalue weighted by atomic mass is 9.87. The van der Waals surface area contributed by atoms with Crippen LogP contribution in [0.15, 0.2) is 30.6 Å². The first-order chi connectivity index (χ1) is 15.0. The molecule has 1 saturated heterocycles. The zero-order valence-corrected chi connectivity index (χ0v) is 17.8. The quantitative estimate of drug-likeness (QED) is 0.691. The molecular weight excluding hydrogens is 424 g/mol. The second-order valence-corrected chi connectivity index (χ2v) is 7.67. The first-order valence-corrected chi connectivity index (χ1v) is 9.79. The number of piperidine rings is 1. The van der Waals surface area contributed by atoms with Crippen LogP contribution in [-0.4, -0.2) is 52.2 Å². The minimum Gasteiger partial charge on any atom is -0.480 e. The lowest BCUT2D eigenvalue weighted by Crippen LogP contribution is -2.52. The fraction of sp³-hybridized carbons (Fsp3) is 0.381. The Hall–Kier alpha value is -3.63. The van der Waals surface area contributed by atoms with E-state index >= 15 is 0 Å². The second-order valence-electron chi connectivity index (χ2n) is 7.67. The predicted molar refractivity (Wildman–Crippen MR) is 110 cm³/mol. The third-order valence-electron chi connectivity index (χ3n) is 5.38. The Balaban J connectivity index is 1.86. The molecule has 3 amide bonds. The van der Waals surface area contributed by atoms with Gasteiger partial charge in [0.1, 0.15) is 5.56 Å². The van der Waals surface area contributed by atoms with Gasteiger partial charge in [-0.25, -0.2) is 13.8 Å². The molecule has 1 aliphatic rings. The van der Waals surface area contributed by atoms with Gasteiger partial charge in [0, 0.05) is 30.8 Å². The number of nitrogens with one attached hydrogen (secondary N) is 1. The number of hydrogen-bond donors (Lipinski definition) is 2. The Labute approximate surface area is 183 Å². The maximum Gasteiger partial charge on any atom is 0.313 e. The number of primary amides is 1. The van der Waals surface area contributed by atoms with Crippen LogP contribution in [0.5, 0.6) is 5.88 Å². The number of hydrogen-bond acceptors (Lipinski definition) is 6. The number of pyridine rings is 2. The molecule has 11 heteroatoms. The largest absolute Gasteiger partial charge is 0.480 e. The Morgan fingerprint density at radius 3 is 2.56 bits per heavy atom. The van der Waals surface area contributed by atoms with Crippen LogP contribution in [0, 0.1) is 12.8 Å². The van der Waals surface area contributed by atoms with Gasteiger partial charge in [0.2, 0.25) is 5.88 Å². The molecule has 0 aliphatic carbocycles. The van der Waals surface area contributed by atoms with Gasteiger partial charge in [-0.3, -0.25) is 19.4 Å². The molecule has 32 heavy (non-hydrogen) atoms. The van der Waals surface area contributed by atoms with Crippen molar-refractivity contribution in [3.63, 3.8) is 0 Å². The number of nitrogens with two attached hydrogens (primary N) is 1. The monoisotopic (exact) mass is 447 g/mol. The summed E-state index contributed by atoms with van der Waals surface area (Å²) in [5.41, 5.74) is 6.32. The molecule has 3 heterocycles. The molecule has 0 aromatic carbocycles. The van der Waals surface area contributed by atoms with Gasteiger partial charge >= 0.3 is 11.8 Å². The van der Waals surface area contributed by atoms with Crippen LogP contribution >= 0.6 is 0 Å². The van der Waals surface area contributed by atoms with Crippen molar-refractivity contribution in [3.05, 3.63) is 47.4 Å².